The normalized spacial score (nSPS) is 22.8. The highest BCUT2D eigenvalue weighted by molar-refractivity contribution is 5.87. The maximum atomic E-state index is 12.7. The molecule has 1 aromatic carbocycles. The van der Waals surface area contributed by atoms with Crippen LogP contribution in [0.4, 0.5) is 5.69 Å². The molecule has 0 bridgehead atoms. The fraction of sp³-hybridized carbons (Fsp3) is 0.611. The lowest BCUT2D eigenvalue weighted by Crippen LogP contribution is -2.47. The molecule has 21 heavy (non-hydrogen) atoms. The van der Waals surface area contributed by atoms with Gasteiger partial charge in [-0.25, -0.2) is 0 Å². The van der Waals surface area contributed by atoms with Crippen LogP contribution < -0.4 is 5.32 Å². The predicted octanol–water partition coefficient (Wildman–Crippen LogP) is 3.31. The summed E-state index contributed by atoms with van der Waals surface area (Å²) in [6, 6.07) is 8.18. The van der Waals surface area contributed by atoms with Gasteiger partial charge >= 0.3 is 0 Å². The second-order valence-electron chi connectivity index (χ2n) is 7.52. The number of para-hydroxylation sites is 1. The maximum Gasteiger partial charge on any atom is 0.245 e. The van der Waals surface area contributed by atoms with Crippen molar-refractivity contribution >= 4 is 11.6 Å². The number of benzene rings is 1. The zero-order valence-corrected chi connectivity index (χ0v) is 13.4. The van der Waals surface area contributed by atoms with E-state index in [0.29, 0.717) is 5.41 Å². The highest BCUT2D eigenvalue weighted by Gasteiger charge is 2.34. The molecule has 1 N–H and O–H groups in total. The maximum absolute atomic E-state index is 12.7. The quantitative estimate of drug-likeness (QED) is 0.859. The van der Waals surface area contributed by atoms with Gasteiger partial charge in [-0.05, 0) is 35.8 Å². The molecule has 0 unspecified atom stereocenters. The van der Waals surface area contributed by atoms with E-state index in [1.54, 1.807) is 0 Å². The van der Waals surface area contributed by atoms with Crippen molar-refractivity contribution < 1.29 is 4.79 Å². The summed E-state index contributed by atoms with van der Waals surface area (Å²) >= 11 is 0. The Hall–Kier alpha value is -1.51. The molecule has 2 heterocycles. The molecule has 1 amide bonds. The standard InChI is InChI=1S/C18H26N2O/c1-18(2,3)14-8-10-20(11-9-14)17(21)16-12-13-6-4-5-7-15(13)19-16/h4-7,14,16,19H,8-12H2,1-3H3/t16-/m0/s1. The third-order valence-electron chi connectivity index (χ3n) is 5.10. The van der Waals surface area contributed by atoms with Crippen LogP contribution in [0.3, 0.4) is 0 Å². The van der Waals surface area contributed by atoms with Crippen molar-refractivity contribution in [3.63, 3.8) is 0 Å². The minimum absolute atomic E-state index is 0.0615. The van der Waals surface area contributed by atoms with E-state index >= 15 is 0 Å². The minimum atomic E-state index is -0.0615. The summed E-state index contributed by atoms with van der Waals surface area (Å²) in [4.78, 5) is 14.7. The molecule has 2 aliphatic heterocycles. The zero-order valence-electron chi connectivity index (χ0n) is 13.4. The monoisotopic (exact) mass is 286 g/mol. The first-order valence-corrected chi connectivity index (χ1v) is 8.08. The number of piperidine rings is 1. The van der Waals surface area contributed by atoms with Crippen molar-refractivity contribution in [2.24, 2.45) is 11.3 Å². The first kappa shape index (κ1) is 14.4. The molecule has 0 aliphatic carbocycles. The Labute approximate surface area is 127 Å². The van der Waals surface area contributed by atoms with E-state index in [9.17, 15) is 4.79 Å². The van der Waals surface area contributed by atoms with Gasteiger partial charge in [-0.1, -0.05) is 39.0 Å². The number of likely N-dealkylation sites (tertiary alicyclic amines) is 1. The average molecular weight is 286 g/mol. The summed E-state index contributed by atoms with van der Waals surface area (Å²) in [5.41, 5.74) is 2.75. The van der Waals surface area contributed by atoms with Crippen LogP contribution in [0.25, 0.3) is 0 Å². The lowest BCUT2D eigenvalue weighted by Gasteiger charge is -2.39. The van der Waals surface area contributed by atoms with Crippen molar-refractivity contribution in [2.45, 2.75) is 46.1 Å². The van der Waals surface area contributed by atoms with Gasteiger partial charge in [-0.15, -0.1) is 0 Å². The van der Waals surface area contributed by atoms with Gasteiger partial charge in [0.25, 0.3) is 0 Å². The van der Waals surface area contributed by atoms with E-state index in [1.807, 2.05) is 12.1 Å². The molecule has 1 fully saturated rings. The SMILES string of the molecule is CC(C)(C)C1CCN(C(=O)[C@@H]2Cc3ccccc3N2)CC1. The molecule has 1 saturated heterocycles. The van der Waals surface area contributed by atoms with Crippen molar-refractivity contribution in [1.82, 2.24) is 4.90 Å². The van der Waals surface area contributed by atoms with Crippen LogP contribution in [-0.2, 0) is 11.2 Å². The number of fused-ring (bicyclic) bond motifs is 1. The smallest absolute Gasteiger partial charge is 0.245 e. The van der Waals surface area contributed by atoms with Gasteiger partial charge in [0.05, 0.1) is 0 Å². The van der Waals surface area contributed by atoms with Gasteiger partial charge in [-0.3, -0.25) is 4.79 Å². The average Bonchev–Trinajstić information content (AvgIpc) is 2.89. The van der Waals surface area contributed by atoms with Crippen LogP contribution in [0.15, 0.2) is 24.3 Å². The van der Waals surface area contributed by atoms with E-state index in [0.717, 1.165) is 44.0 Å². The van der Waals surface area contributed by atoms with Gasteiger partial charge in [0, 0.05) is 25.2 Å². The topological polar surface area (TPSA) is 32.3 Å². The number of nitrogens with zero attached hydrogens (tertiary/aromatic N) is 1. The zero-order chi connectivity index (χ0) is 15.0. The summed E-state index contributed by atoms with van der Waals surface area (Å²) in [6.45, 7) is 8.75. The Morgan fingerprint density at radius 1 is 1.19 bits per heavy atom. The lowest BCUT2D eigenvalue weighted by atomic mass is 9.75. The first-order chi connectivity index (χ1) is 9.95. The highest BCUT2D eigenvalue weighted by Crippen LogP contribution is 2.35. The third-order valence-corrected chi connectivity index (χ3v) is 5.10. The van der Waals surface area contributed by atoms with Crippen molar-refractivity contribution in [3.8, 4) is 0 Å². The van der Waals surface area contributed by atoms with Gasteiger partial charge in [0.15, 0.2) is 0 Å². The van der Waals surface area contributed by atoms with Crippen LogP contribution in [0.5, 0.6) is 0 Å². The molecule has 0 radical (unpaired) electrons. The van der Waals surface area contributed by atoms with Crippen molar-refractivity contribution in [3.05, 3.63) is 29.8 Å². The second kappa shape index (κ2) is 5.36. The second-order valence-corrected chi connectivity index (χ2v) is 7.52. The van der Waals surface area contributed by atoms with E-state index in [1.165, 1.54) is 5.56 Å². The number of rotatable bonds is 1. The Kier molecular flexibility index (Phi) is 3.68. The molecule has 0 aromatic heterocycles. The lowest BCUT2D eigenvalue weighted by molar-refractivity contribution is -0.133. The molecule has 1 atom stereocenters. The fourth-order valence-electron chi connectivity index (χ4n) is 3.63. The van der Waals surface area contributed by atoms with Gasteiger partial charge < -0.3 is 10.2 Å². The van der Waals surface area contributed by atoms with Crippen molar-refractivity contribution in [2.75, 3.05) is 18.4 Å². The summed E-state index contributed by atoms with van der Waals surface area (Å²) in [5.74, 6) is 1.01. The Morgan fingerprint density at radius 3 is 2.48 bits per heavy atom. The minimum Gasteiger partial charge on any atom is -0.373 e. The molecule has 1 aromatic rings. The third kappa shape index (κ3) is 2.92. The summed E-state index contributed by atoms with van der Waals surface area (Å²) in [7, 11) is 0. The van der Waals surface area contributed by atoms with Gasteiger partial charge in [0.2, 0.25) is 5.91 Å². The summed E-state index contributed by atoms with van der Waals surface area (Å²) in [6.07, 6.45) is 3.10. The number of hydrogen-bond acceptors (Lipinski definition) is 2. The Bertz CT molecular complexity index is 499. The van der Waals surface area contributed by atoms with Gasteiger partial charge in [-0.2, -0.15) is 0 Å². The fourth-order valence-corrected chi connectivity index (χ4v) is 3.63. The first-order valence-electron chi connectivity index (χ1n) is 8.08. The van der Waals surface area contributed by atoms with Crippen LogP contribution in [0, 0.1) is 11.3 Å². The number of hydrogen-bond donors (Lipinski definition) is 1. The molecule has 3 heteroatoms. The molecule has 114 valence electrons. The Morgan fingerprint density at radius 2 is 1.86 bits per heavy atom. The molecule has 3 rings (SSSR count). The molecular weight excluding hydrogens is 260 g/mol. The summed E-state index contributed by atoms with van der Waals surface area (Å²) in [5, 5.41) is 3.38. The number of carbonyl (C=O) groups is 1. The van der Waals surface area contributed by atoms with Crippen LogP contribution in [0.1, 0.15) is 39.2 Å². The Balaban J connectivity index is 1.59. The van der Waals surface area contributed by atoms with Gasteiger partial charge in [0.1, 0.15) is 6.04 Å². The molecule has 0 saturated carbocycles. The molecular formula is C18H26N2O. The van der Waals surface area contributed by atoms with Crippen LogP contribution in [0.2, 0.25) is 0 Å². The number of carbonyl (C=O) groups excluding carboxylic acids is 1. The molecule has 2 aliphatic rings. The van der Waals surface area contributed by atoms with E-state index in [-0.39, 0.29) is 11.9 Å². The summed E-state index contributed by atoms with van der Waals surface area (Å²) < 4.78 is 0. The number of amides is 1. The van der Waals surface area contributed by atoms with Crippen LogP contribution in [-0.4, -0.2) is 29.9 Å². The van der Waals surface area contributed by atoms with E-state index < -0.39 is 0 Å². The molecule has 3 nitrogen and oxygen atoms in total. The van der Waals surface area contributed by atoms with Crippen LogP contribution >= 0.6 is 0 Å². The molecule has 0 spiro atoms. The van der Waals surface area contributed by atoms with Crippen molar-refractivity contribution in [1.29, 1.82) is 0 Å². The largest absolute Gasteiger partial charge is 0.373 e. The predicted molar refractivity (Wildman–Crippen MR) is 86.3 cm³/mol. The number of anilines is 1. The highest BCUT2D eigenvalue weighted by atomic mass is 16.2. The van der Waals surface area contributed by atoms with E-state index in [2.05, 4.69) is 43.1 Å². The number of nitrogens with one attached hydrogen (secondary N) is 1. The van der Waals surface area contributed by atoms with E-state index in [4.69, 9.17) is 0 Å².